The van der Waals surface area contributed by atoms with Crippen molar-refractivity contribution in [3.05, 3.63) is 47.5 Å². The fourth-order valence-electron chi connectivity index (χ4n) is 2.68. The Morgan fingerprint density at radius 2 is 0.920 bits per heavy atom. The summed E-state index contributed by atoms with van der Waals surface area (Å²) in [5, 5.41) is 31.8. The van der Waals surface area contributed by atoms with Gasteiger partial charge in [0.05, 0.1) is 39.5 Å². The summed E-state index contributed by atoms with van der Waals surface area (Å²) >= 11 is 0. The fraction of sp³-hybridized carbons (Fsp3) is 0.440. The minimum absolute atomic E-state index is 0. The van der Waals surface area contributed by atoms with Gasteiger partial charge in [0.1, 0.15) is 24.7 Å². The van der Waals surface area contributed by atoms with Gasteiger partial charge in [0.2, 0.25) is 0 Å². The predicted octanol–water partition coefficient (Wildman–Crippen LogP) is 0.504. The van der Waals surface area contributed by atoms with Crippen LogP contribution in [-0.2, 0) is 46.5 Å². The molecule has 15 nitrogen and oxygen atoms in total. The van der Waals surface area contributed by atoms with Crippen molar-refractivity contribution < 1.29 is 103 Å². The van der Waals surface area contributed by atoms with Crippen molar-refractivity contribution in [1.82, 2.24) is 0 Å². The zero-order valence-electron chi connectivity index (χ0n) is 25.6. The van der Waals surface area contributed by atoms with Gasteiger partial charge >= 0.3 is 76.7 Å². The first-order valence-corrected chi connectivity index (χ1v) is 15.6. The topological polar surface area (TPSA) is 242 Å². The Bertz CT molecular complexity index is 1420. The van der Waals surface area contributed by atoms with Crippen LogP contribution in [0.3, 0.4) is 0 Å². The summed E-state index contributed by atoms with van der Waals surface area (Å²) < 4.78 is 140. The smallest absolute Gasteiger partial charge is 0.870 e. The molecule has 0 saturated carbocycles. The molecule has 0 amide bonds. The van der Waals surface area contributed by atoms with Gasteiger partial charge in [-0.3, -0.25) is 9.98 Å². The van der Waals surface area contributed by atoms with Crippen LogP contribution in [0.1, 0.15) is 11.1 Å². The monoisotopic (exact) mass is 939 g/mol. The quantitative estimate of drug-likeness (QED) is 0.164. The van der Waals surface area contributed by atoms with Crippen LogP contribution in [0, 0.1) is 0 Å². The van der Waals surface area contributed by atoms with Crippen LogP contribution >= 0.6 is 0 Å². The van der Waals surface area contributed by atoms with E-state index in [0.717, 1.165) is 7.11 Å². The van der Waals surface area contributed by atoms with Gasteiger partial charge in [-0.15, -0.1) is 0 Å². The molecule has 50 heavy (non-hydrogen) atoms. The molecule has 1 aliphatic heterocycles. The summed E-state index contributed by atoms with van der Waals surface area (Å²) in [4.78, 5) is 8.47. The normalized spacial score (nSPS) is 14.5. The van der Waals surface area contributed by atoms with Crippen LogP contribution < -0.4 is 19.7 Å². The van der Waals surface area contributed by atoms with Crippen molar-refractivity contribution in [2.45, 2.75) is 11.0 Å². The molecule has 281 valence electrons. The summed E-state index contributed by atoms with van der Waals surface area (Å²) in [5.41, 5.74) is -10.4. The maximum Gasteiger partial charge on any atom is 2.00 e. The standard InChI is InChI=1S/C22H26N2O6.2CHF3O3S.CH4O.Ba.Co/c25-21-17-3-1-5-19(21)29-13-11-27-9-10-28-12-14-30-20-6-2-4-18(22(20)26)16-24-8-7-23-15-17;2*2-1(3,4)8(5,6)7;1-2;;/h1-6,15-16,25-26H,7-14H2;2*(H,5,6,7);2H,1H3;;/q;;;;2*+2/p-4. The zero-order chi connectivity index (χ0) is 37.0. The van der Waals surface area contributed by atoms with Crippen molar-refractivity contribution >= 4 is 81.5 Å². The second kappa shape index (κ2) is 26.2. The van der Waals surface area contributed by atoms with Crippen LogP contribution in [-0.4, -0.2) is 163 Å². The van der Waals surface area contributed by atoms with Crippen molar-refractivity contribution in [1.29, 1.82) is 0 Å². The van der Waals surface area contributed by atoms with Crippen molar-refractivity contribution in [2.75, 3.05) is 59.8 Å². The molecular weight excluding hydrogens is 911 g/mol. The average molecular weight is 939 g/mol. The van der Waals surface area contributed by atoms with E-state index in [1.54, 1.807) is 36.4 Å². The van der Waals surface area contributed by atoms with Crippen LogP contribution in [0.25, 0.3) is 0 Å². The van der Waals surface area contributed by atoms with Gasteiger partial charge < -0.3 is 43.4 Å². The Kier molecular flexibility index (Phi) is 27.6. The number of benzene rings is 2. The molecule has 4 bridgehead atoms. The molecule has 0 fully saturated rings. The molecule has 1 radical (unpaired) electrons. The van der Waals surface area contributed by atoms with Gasteiger partial charge in [-0.05, 0) is 23.3 Å². The SMILES string of the molecule is CO.O=S(=O)([O-])C(F)(F)F.O=S(=O)([O-])C(F)(F)F.[Ba+2].[Co+2].[O-]c1c2cccc1OCCOCCOCCOc1cccc(c1[O-])C=NCCN=C2. The Labute approximate surface area is 333 Å². The molecule has 1 aliphatic rings. The Morgan fingerprint density at radius 1 is 0.640 bits per heavy atom. The molecular formula is C25H28BaCoF6N2O13S2. The van der Waals surface area contributed by atoms with Gasteiger partial charge in [0, 0.05) is 19.5 Å². The number of nitrogens with zero attached hydrogens (tertiary/aromatic N) is 2. The third-order valence-corrected chi connectivity index (χ3v) is 5.88. The minimum Gasteiger partial charge on any atom is -0.870 e. The number of halogens is 6. The molecule has 3 rings (SSSR count). The summed E-state index contributed by atoms with van der Waals surface area (Å²) in [7, 11) is -11.2. The molecule has 0 spiro atoms. The largest absolute Gasteiger partial charge is 2.00 e. The second-order valence-electron chi connectivity index (χ2n) is 8.14. The Balaban J connectivity index is -0.000000918. The number of fused-ring (bicyclic) bond motifs is 4. The molecule has 0 aliphatic carbocycles. The number of alkyl halides is 6. The van der Waals surface area contributed by atoms with E-state index in [-0.39, 0.29) is 102 Å². The first-order chi connectivity index (χ1) is 22.3. The Hall–Kier alpha value is -1.66. The number of aliphatic hydroxyl groups excluding tert-OH is 1. The minimum atomic E-state index is -6.09. The van der Waals surface area contributed by atoms with Crippen molar-refractivity contribution in [3.63, 3.8) is 0 Å². The van der Waals surface area contributed by atoms with E-state index >= 15 is 0 Å². The number of aliphatic imine (C=N–C) groups is 2. The molecule has 0 aromatic heterocycles. The van der Waals surface area contributed by atoms with E-state index in [0.29, 0.717) is 50.6 Å². The van der Waals surface area contributed by atoms with E-state index in [2.05, 4.69) is 9.98 Å². The molecule has 2 aromatic rings. The summed E-state index contributed by atoms with van der Waals surface area (Å²) in [5.74, 6) is 0.0870. The third-order valence-electron chi connectivity index (χ3n) is 4.75. The van der Waals surface area contributed by atoms with Crippen molar-refractivity contribution in [3.8, 4) is 23.0 Å². The molecule has 2 aromatic carbocycles. The zero-order valence-corrected chi connectivity index (χ0v) is 32.8. The van der Waals surface area contributed by atoms with Crippen LogP contribution in [0.5, 0.6) is 23.0 Å². The van der Waals surface area contributed by atoms with Crippen LogP contribution in [0.2, 0.25) is 0 Å². The van der Waals surface area contributed by atoms with Gasteiger partial charge in [0.25, 0.3) is 0 Å². The number of hydrogen-bond donors (Lipinski definition) is 1. The first kappa shape index (κ1) is 52.7. The molecule has 0 atom stereocenters. The molecule has 1 heterocycles. The number of ether oxygens (including phenoxy) is 4. The van der Waals surface area contributed by atoms with E-state index in [4.69, 9.17) is 50.0 Å². The van der Waals surface area contributed by atoms with E-state index in [1.165, 1.54) is 12.4 Å². The van der Waals surface area contributed by atoms with Gasteiger partial charge in [-0.2, -0.15) is 26.3 Å². The number of aliphatic hydroxyl groups is 1. The van der Waals surface area contributed by atoms with Gasteiger partial charge in [-0.25, -0.2) is 16.8 Å². The first-order valence-electron chi connectivity index (χ1n) is 12.8. The van der Waals surface area contributed by atoms with Crippen LogP contribution in [0.15, 0.2) is 46.4 Å². The molecule has 0 unspecified atom stereocenters. The predicted molar refractivity (Wildman–Crippen MR) is 155 cm³/mol. The number of hydrogen-bond acceptors (Lipinski definition) is 15. The third kappa shape index (κ3) is 21.6. The number of para-hydroxylation sites is 2. The van der Waals surface area contributed by atoms with Crippen molar-refractivity contribution in [2.24, 2.45) is 9.98 Å². The summed E-state index contributed by atoms with van der Waals surface area (Å²) in [6, 6.07) is 10.1. The van der Waals surface area contributed by atoms with Gasteiger partial charge in [-0.1, -0.05) is 35.8 Å². The Morgan fingerprint density at radius 3 is 1.20 bits per heavy atom. The maximum absolute atomic E-state index is 12.4. The van der Waals surface area contributed by atoms with Gasteiger partial charge in [0.15, 0.2) is 20.2 Å². The second-order valence-corrected chi connectivity index (χ2v) is 10.9. The average Bonchev–Trinajstić information content (AvgIpc) is 2.98. The number of rotatable bonds is 0. The fourth-order valence-corrected chi connectivity index (χ4v) is 2.68. The van der Waals surface area contributed by atoms with Crippen LogP contribution in [0.4, 0.5) is 26.3 Å². The molecule has 25 heteroatoms. The van der Waals surface area contributed by atoms with E-state index in [1.807, 2.05) is 0 Å². The molecule has 1 N–H and O–H groups in total. The van der Waals surface area contributed by atoms with E-state index in [9.17, 15) is 36.6 Å². The summed E-state index contributed by atoms with van der Waals surface area (Å²) in [6.45, 7) is 2.74. The summed E-state index contributed by atoms with van der Waals surface area (Å²) in [6.07, 6.45) is 3.02. The molecule has 0 saturated heterocycles. The maximum atomic E-state index is 12.4. The van der Waals surface area contributed by atoms with E-state index < -0.39 is 31.3 Å².